The number of carbonyl (C=O) groups excluding carboxylic acids is 3. The Hall–Kier alpha value is -6.37. The van der Waals surface area contributed by atoms with Crippen LogP contribution in [0.15, 0.2) is 70.6 Å². The number of fused-ring (bicyclic) bond motifs is 2. The van der Waals surface area contributed by atoms with E-state index in [0.29, 0.717) is 29.3 Å². The first-order valence-electron chi connectivity index (χ1n) is 19.6. The molecule has 0 radical (unpaired) electrons. The van der Waals surface area contributed by atoms with Crippen LogP contribution < -0.4 is 21.5 Å². The van der Waals surface area contributed by atoms with Gasteiger partial charge in [-0.25, -0.2) is 23.3 Å². The lowest BCUT2D eigenvalue weighted by Crippen LogP contribution is -2.53. The Morgan fingerprint density at radius 1 is 1.02 bits per heavy atom. The van der Waals surface area contributed by atoms with E-state index in [4.69, 9.17) is 18.9 Å². The summed E-state index contributed by atoms with van der Waals surface area (Å²) >= 11 is 0. The highest BCUT2D eigenvalue weighted by Crippen LogP contribution is 2.33. The number of nitrogens with zero attached hydrogens (tertiary/aromatic N) is 5. The van der Waals surface area contributed by atoms with E-state index in [1.54, 1.807) is 12.1 Å². The van der Waals surface area contributed by atoms with Crippen molar-refractivity contribution >= 4 is 45.5 Å². The van der Waals surface area contributed by atoms with Crippen LogP contribution in [0.2, 0.25) is 0 Å². The Balaban J connectivity index is 1.21. The number of hydrogen-bond acceptors (Lipinski definition) is 12. The largest absolute Gasteiger partial charge is 0.511 e. The van der Waals surface area contributed by atoms with E-state index in [9.17, 15) is 37.1 Å². The number of nitrogens with one attached hydrogen (secondary N) is 1. The molecule has 1 amide bonds. The zero-order chi connectivity index (χ0) is 43.6. The summed E-state index contributed by atoms with van der Waals surface area (Å²) in [5.41, 5.74) is -0.997. The monoisotopic (exact) mass is 850 g/mol. The quantitative estimate of drug-likeness (QED) is 0.105. The molecule has 1 unspecified atom stereocenters. The van der Waals surface area contributed by atoms with E-state index in [1.165, 1.54) is 68.3 Å². The van der Waals surface area contributed by atoms with E-state index in [2.05, 4.69) is 15.3 Å². The Kier molecular flexibility index (Phi) is 12.4. The second-order valence-electron chi connectivity index (χ2n) is 14.9. The lowest BCUT2D eigenvalue weighted by molar-refractivity contribution is -0.171. The SMILES string of the molecule is Cc1cc(N2CCOC[C@@H]2C(F)(F)F)cc(F)c1C(=O)N[C@@H](Cc1ccc(-n2c(=O)c3ccncc3n(C)c2=O)c2ncccc12)C(=O)OC(C)OC(=O)OC1CCCCC1. The van der Waals surface area contributed by atoms with Crippen molar-refractivity contribution < 1.29 is 50.9 Å². The number of halogens is 4. The van der Waals surface area contributed by atoms with Gasteiger partial charge >= 0.3 is 24.0 Å². The molecule has 15 nitrogen and oxygen atoms in total. The fourth-order valence-electron chi connectivity index (χ4n) is 7.84. The number of hydrogen-bond donors (Lipinski definition) is 1. The lowest BCUT2D eigenvalue weighted by Gasteiger charge is -2.38. The number of rotatable bonds is 10. The van der Waals surface area contributed by atoms with Crippen LogP contribution in [0.5, 0.6) is 0 Å². The summed E-state index contributed by atoms with van der Waals surface area (Å²) in [4.78, 5) is 77.2. The predicted molar refractivity (Wildman–Crippen MR) is 212 cm³/mol. The summed E-state index contributed by atoms with van der Waals surface area (Å²) in [5.74, 6) is -3.34. The molecular weight excluding hydrogens is 808 g/mol. The molecule has 3 aromatic heterocycles. The van der Waals surface area contributed by atoms with Crippen LogP contribution in [0, 0.1) is 12.7 Å². The molecule has 3 atom stereocenters. The highest BCUT2D eigenvalue weighted by molar-refractivity contribution is 5.99. The smallest absolute Gasteiger partial charge is 0.431 e. The molecule has 0 spiro atoms. The van der Waals surface area contributed by atoms with Gasteiger partial charge in [-0.05, 0) is 74.1 Å². The Morgan fingerprint density at radius 3 is 2.52 bits per heavy atom. The first-order valence-corrected chi connectivity index (χ1v) is 19.6. The summed E-state index contributed by atoms with van der Waals surface area (Å²) in [6, 6.07) is 6.10. The number of esters is 1. The van der Waals surface area contributed by atoms with E-state index >= 15 is 4.39 Å². The van der Waals surface area contributed by atoms with Crippen LogP contribution in [0.3, 0.4) is 0 Å². The van der Waals surface area contributed by atoms with Gasteiger partial charge in [0.1, 0.15) is 24.0 Å². The summed E-state index contributed by atoms with van der Waals surface area (Å²) in [6.07, 6.45) is 0.443. The summed E-state index contributed by atoms with van der Waals surface area (Å²) in [5, 5.41) is 3.09. The number of aromatic nitrogens is 4. The minimum Gasteiger partial charge on any atom is -0.431 e. The van der Waals surface area contributed by atoms with Gasteiger partial charge in [0.15, 0.2) is 0 Å². The minimum atomic E-state index is -4.68. The van der Waals surface area contributed by atoms with Crippen molar-refractivity contribution in [2.24, 2.45) is 7.05 Å². The van der Waals surface area contributed by atoms with Gasteiger partial charge in [-0.2, -0.15) is 13.2 Å². The molecule has 7 rings (SSSR count). The van der Waals surface area contributed by atoms with Gasteiger partial charge in [0.05, 0.1) is 47.1 Å². The Bertz CT molecular complexity index is 2590. The first-order chi connectivity index (χ1) is 29.1. The van der Waals surface area contributed by atoms with Crippen molar-refractivity contribution in [3.8, 4) is 5.69 Å². The molecule has 1 saturated carbocycles. The highest BCUT2D eigenvalue weighted by atomic mass is 19.4. The van der Waals surface area contributed by atoms with Crippen LogP contribution in [0.1, 0.15) is 60.5 Å². The van der Waals surface area contributed by atoms with Gasteiger partial charge in [0.2, 0.25) is 6.29 Å². The fourth-order valence-corrected chi connectivity index (χ4v) is 7.84. The normalized spacial score (nSPS) is 17.2. The summed E-state index contributed by atoms with van der Waals surface area (Å²) < 4.78 is 80.8. The number of ether oxygens (including phenoxy) is 4. The molecule has 1 saturated heterocycles. The van der Waals surface area contributed by atoms with Crippen LogP contribution in [0.4, 0.5) is 28.0 Å². The third-order valence-corrected chi connectivity index (χ3v) is 10.9. The number of morpholine rings is 1. The second kappa shape index (κ2) is 17.7. The zero-order valence-corrected chi connectivity index (χ0v) is 33.4. The molecule has 322 valence electrons. The maximum absolute atomic E-state index is 15.9. The molecule has 2 aromatic carbocycles. The van der Waals surface area contributed by atoms with Gasteiger partial charge in [0, 0.05) is 50.4 Å². The second-order valence-corrected chi connectivity index (χ2v) is 14.9. The number of carbonyl (C=O) groups is 3. The molecule has 5 aromatic rings. The molecule has 1 aliphatic heterocycles. The highest BCUT2D eigenvalue weighted by Gasteiger charge is 2.46. The molecule has 1 N–H and O–H groups in total. The van der Waals surface area contributed by atoms with Gasteiger partial charge in [-0.3, -0.25) is 24.1 Å². The maximum Gasteiger partial charge on any atom is 0.511 e. The molecule has 2 aliphatic rings. The molecule has 1 aliphatic carbocycles. The van der Waals surface area contributed by atoms with Crippen molar-refractivity contribution in [3.05, 3.63) is 104 Å². The predicted octanol–water partition coefficient (Wildman–Crippen LogP) is 5.56. The third kappa shape index (κ3) is 9.06. The average Bonchev–Trinajstić information content (AvgIpc) is 3.23. The van der Waals surface area contributed by atoms with Crippen LogP contribution in [0.25, 0.3) is 27.5 Å². The van der Waals surface area contributed by atoms with E-state index in [1.807, 2.05) is 0 Å². The van der Waals surface area contributed by atoms with Crippen LogP contribution >= 0.6 is 0 Å². The van der Waals surface area contributed by atoms with Crippen LogP contribution in [-0.4, -0.2) is 87.5 Å². The van der Waals surface area contributed by atoms with Crippen molar-refractivity contribution in [2.45, 2.75) is 83.0 Å². The minimum absolute atomic E-state index is 0.0219. The van der Waals surface area contributed by atoms with Crippen molar-refractivity contribution in [3.63, 3.8) is 0 Å². The molecule has 61 heavy (non-hydrogen) atoms. The topological polar surface area (TPSA) is 173 Å². The molecule has 0 bridgehead atoms. The van der Waals surface area contributed by atoms with Gasteiger partial charge < -0.3 is 29.2 Å². The van der Waals surface area contributed by atoms with E-state index < -0.39 is 71.8 Å². The number of anilines is 1. The van der Waals surface area contributed by atoms with Gasteiger partial charge in [-0.1, -0.05) is 18.6 Å². The third-order valence-electron chi connectivity index (χ3n) is 10.9. The maximum atomic E-state index is 15.9. The standard InChI is InChI=1S/C42H42F4N6O9/c1-23-18-26(51-16-17-58-22-34(51)42(44,45)46)20-30(43)35(23)37(53)49-31(39(55)59-24(2)60-41(57)61-27-8-5-4-6-9-27)19-25-11-12-32(36-28(25)10-7-14-48-36)52-38(54)29-13-15-47-21-33(29)50(3)40(52)56/h7,10-15,18,20-21,24,27,31,34H,4-6,8-9,16-17,19,22H2,1-3H3,(H,49,53)/t24?,31-,34+/m0/s1. The van der Waals surface area contributed by atoms with E-state index in [0.717, 1.165) is 34.8 Å². The van der Waals surface area contributed by atoms with E-state index in [-0.39, 0.29) is 53.5 Å². The zero-order valence-electron chi connectivity index (χ0n) is 33.4. The summed E-state index contributed by atoms with van der Waals surface area (Å²) in [6.45, 7) is 1.75. The lowest BCUT2D eigenvalue weighted by atomic mass is 9.98. The molecule has 2 fully saturated rings. The van der Waals surface area contributed by atoms with Crippen molar-refractivity contribution in [1.82, 2.24) is 24.4 Å². The molecule has 4 heterocycles. The van der Waals surface area contributed by atoms with Crippen LogP contribution in [-0.2, 0) is 37.2 Å². The van der Waals surface area contributed by atoms with Crippen molar-refractivity contribution in [2.75, 3.05) is 24.7 Å². The van der Waals surface area contributed by atoms with Crippen molar-refractivity contribution in [1.29, 1.82) is 0 Å². The van der Waals surface area contributed by atoms with Gasteiger partial charge in [-0.15, -0.1) is 0 Å². The number of pyridine rings is 2. The molecule has 19 heteroatoms. The number of alkyl halides is 3. The number of amides is 1. The molecular formula is C42H42F4N6O9. The number of benzene rings is 2. The fraction of sp³-hybridized carbons (Fsp3) is 0.405. The summed E-state index contributed by atoms with van der Waals surface area (Å²) in [7, 11) is 1.49. The average molecular weight is 851 g/mol. The number of aryl methyl sites for hydroxylation is 2. The first kappa shape index (κ1) is 42.7. The Morgan fingerprint density at radius 2 is 1.79 bits per heavy atom. The van der Waals surface area contributed by atoms with Gasteiger partial charge in [0.25, 0.3) is 11.5 Å². The Labute approximate surface area is 345 Å².